The van der Waals surface area contributed by atoms with Crippen LogP contribution in [0.4, 0.5) is 17.3 Å². The molecule has 1 aliphatic rings. The summed E-state index contributed by atoms with van der Waals surface area (Å²) in [5.41, 5.74) is 2.96. The van der Waals surface area contributed by atoms with E-state index in [0.29, 0.717) is 13.1 Å². The molecule has 2 heterocycles. The summed E-state index contributed by atoms with van der Waals surface area (Å²) in [5, 5.41) is 3.36. The largest absolute Gasteiger partial charge is 0.353 e. The molecule has 1 amide bonds. The Morgan fingerprint density at radius 1 is 0.933 bits per heavy atom. The minimum absolute atomic E-state index is 0.0895. The van der Waals surface area contributed by atoms with Gasteiger partial charge in [-0.2, -0.15) is 0 Å². The van der Waals surface area contributed by atoms with Crippen molar-refractivity contribution >= 4 is 45.8 Å². The number of aryl methyl sites for hydroxylation is 2. The highest BCUT2D eigenvalue weighted by atomic mass is 127. The summed E-state index contributed by atoms with van der Waals surface area (Å²) in [7, 11) is 0. The molecule has 4 rings (SSSR count). The first-order valence-corrected chi connectivity index (χ1v) is 11.0. The third-order valence-electron chi connectivity index (χ3n) is 5.13. The van der Waals surface area contributed by atoms with Gasteiger partial charge in [0, 0.05) is 47.1 Å². The Balaban J connectivity index is 1.42. The van der Waals surface area contributed by atoms with Crippen molar-refractivity contribution in [2.45, 2.75) is 13.8 Å². The van der Waals surface area contributed by atoms with E-state index in [1.165, 1.54) is 5.56 Å². The van der Waals surface area contributed by atoms with Crippen LogP contribution in [0.3, 0.4) is 0 Å². The van der Waals surface area contributed by atoms with Gasteiger partial charge in [-0.05, 0) is 72.8 Å². The first-order chi connectivity index (χ1) is 14.5. The van der Waals surface area contributed by atoms with E-state index in [-0.39, 0.29) is 5.91 Å². The van der Waals surface area contributed by atoms with Crippen molar-refractivity contribution in [2.24, 2.45) is 0 Å². The fourth-order valence-electron chi connectivity index (χ4n) is 3.48. The Bertz CT molecular complexity index is 1030. The second-order valence-electron chi connectivity index (χ2n) is 7.44. The zero-order chi connectivity index (χ0) is 21.1. The second kappa shape index (κ2) is 8.99. The summed E-state index contributed by atoms with van der Waals surface area (Å²) in [6, 6.07) is 17.9. The maximum absolute atomic E-state index is 12.8. The SMILES string of the molecule is Cc1ccc(Nc2cc(N3CCN(C(=O)c4ccc(I)cc4)CC3)nc(C)n2)cc1. The Morgan fingerprint density at radius 3 is 2.27 bits per heavy atom. The normalized spacial score (nSPS) is 14.0. The van der Waals surface area contributed by atoms with Crippen LogP contribution in [-0.2, 0) is 0 Å². The van der Waals surface area contributed by atoms with Gasteiger partial charge in [0.25, 0.3) is 5.91 Å². The molecule has 7 heteroatoms. The van der Waals surface area contributed by atoms with Crippen LogP contribution < -0.4 is 10.2 Å². The van der Waals surface area contributed by atoms with Crippen LogP contribution in [-0.4, -0.2) is 47.0 Å². The van der Waals surface area contributed by atoms with Gasteiger partial charge in [0.1, 0.15) is 17.5 Å². The zero-order valence-electron chi connectivity index (χ0n) is 17.1. The average molecular weight is 513 g/mol. The molecule has 6 nitrogen and oxygen atoms in total. The van der Waals surface area contributed by atoms with Gasteiger partial charge < -0.3 is 15.1 Å². The van der Waals surface area contributed by atoms with Crippen LogP contribution >= 0.6 is 22.6 Å². The number of hydrogen-bond acceptors (Lipinski definition) is 5. The number of nitrogens with zero attached hydrogens (tertiary/aromatic N) is 4. The lowest BCUT2D eigenvalue weighted by Crippen LogP contribution is -2.49. The lowest BCUT2D eigenvalue weighted by molar-refractivity contribution is 0.0746. The van der Waals surface area contributed by atoms with E-state index in [0.717, 1.165) is 45.4 Å². The van der Waals surface area contributed by atoms with Crippen LogP contribution in [0, 0.1) is 17.4 Å². The lowest BCUT2D eigenvalue weighted by atomic mass is 10.2. The molecule has 0 unspecified atom stereocenters. The highest BCUT2D eigenvalue weighted by molar-refractivity contribution is 14.1. The molecule has 0 bridgehead atoms. The molecule has 154 valence electrons. The Morgan fingerprint density at radius 2 is 1.60 bits per heavy atom. The third kappa shape index (κ3) is 4.89. The number of hydrogen-bond donors (Lipinski definition) is 1. The number of carbonyl (C=O) groups excluding carboxylic acids is 1. The summed E-state index contributed by atoms with van der Waals surface area (Å²) in [5.74, 6) is 2.48. The molecular weight excluding hydrogens is 489 g/mol. The average Bonchev–Trinajstić information content (AvgIpc) is 2.75. The maximum atomic E-state index is 12.8. The van der Waals surface area contributed by atoms with Crippen molar-refractivity contribution in [1.29, 1.82) is 0 Å². The van der Waals surface area contributed by atoms with Crippen LogP contribution in [0.5, 0.6) is 0 Å². The number of amides is 1. The molecule has 0 atom stereocenters. The number of piperazine rings is 1. The molecule has 0 saturated carbocycles. The van der Waals surface area contributed by atoms with Crippen LogP contribution in [0.25, 0.3) is 0 Å². The number of aromatic nitrogens is 2. The van der Waals surface area contributed by atoms with E-state index >= 15 is 0 Å². The number of halogens is 1. The van der Waals surface area contributed by atoms with Crippen molar-refractivity contribution in [2.75, 3.05) is 36.4 Å². The van der Waals surface area contributed by atoms with Gasteiger partial charge in [0.2, 0.25) is 0 Å². The molecule has 1 N–H and O–H groups in total. The fraction of sp³-hybridized carbons (Fsp3) is 0.261. The smallest absolute Gasteiger partial charge is 0.253 e. The molecule has 30 heavy (non-hydrogen) atoms. The van der Waals surface area contributed by atoms with E-state index in [1.807, 2.05) is 54.3 Å². The lowest BCUT2D eigenvalue weighted by Gasteiger charge is -2.35. The highest BCUT2D eigenvalue weighted by Gasteiger charge is 2.23. The van der Waals surface area contributed by atoms with Gasteiger partial charge in [-0.3, -0.25) is 4.79 Å². The molecule has 3 aromatic rings. The van der Waals surface area contributed by atoms with Gasteiger partial charge in [-0.15, -0.1) is 0 Å². The van der Waals surface area contributed by atoms with Crippen molar-refractivity contribution < 1.29 is 4.79 Å². The Labute approximate surface area is 190 Å². The van der Waals surface area contributed by atoms with Gasteiger partial charge in [-0.1, -0.05) is 17.7 Å². The number of nitrogens with one attached hydrogen (secondary N) is 1. The molecule has 2 aromatic carbocycles. The molecule has 1 aromatic heterocycles. The van der Waals surface area contributed by atoms with Gasteiger partial charge in [0.05, 0.1) is 0 Å². The summed E-state index contributed by atoms with van der Waals surface area (Å²) in [6.45, 7) is 6.82. The fourth-order valence-corrected chi connectivity index (χ4v) is 3.84. The summed E-state index contributed by atoms with van der Waals surface area (Å²) in [4.78, 5) is 26.0. The first-order valence-electron chi connectivity index (χ1n) is 9.97. The quantitative estimate of drug-likeness (QED) is 0.524. The predicted molar refractivity (Wildman–Crippen MR) is 129 cm³/mol. The molecule has 1 aliphatic heterocycles. The van der Waals surface area contributed by atoms with E-state index in [9.17, 15) is 4.79 Å². The van der Waals surface area contributed by atoms with E-state index in [1.54, 1.807) is 0 Å². The zero-order valence-corrected chi connectivity index (χ0v) is 19.3. The number of carbonyl (C=O) groups is 1. The second-order valence-corrected chi connectivity index (χ2v) is 8.68. The summed E-state index contributed by atoms with van der Waals surface area (Å²) >= 11 is 2.25. The number of rotatable bonds is 4. The van der Waals surface area contributed by atoms with Crippen molar-refractivity contribution in [3.05, 3.63) is 75.1 Å². The van der Waals surface area contributed by atoms with Gasteiger partial charge in [0.15, 0.2) is 0 Å². The molecule has 0 radical (unpaired) electrons. The number of anilines is 3. The van der Waals surface area contributed by atoms with Crippen LogP contribution in [0.1, 0.15) is 21.7 Å². The highest BCUT2D eigenvalue weighted by Crippen LogP contribution is 2.22. The summed E-state index contributed by atoms with van der Waals surface area (Å²) < 4.78 is 1.13. The topological polar surface area (TPSA) is 61.4 Å². The minimum Gasteiger partial charge on any atom is -0.353 e. The van der Waals surface area contributed by atoms with Gasteiger partial charge >= 0.3 is 0 Å². The first kappa shape index (κ1) is 20.6. The van der Waals surface area contributed by atoms with Crippen LogP contribution in [0.2, 0.25) is 0 Å². The maximum Gasteiger partial charge on any atom is 0.253 e. The van der Waals surface area contributed by atoms with Crippen LogP contribution in [0.15, 0.2) is 54.6 Å². The van der Waals surface area contributed by atoms with Crippen molar-refractivity contribution in [3.63, 3.8) is 0 Å². The number of benzene rings is 2. The van der Waals surface area contributed by atoms with E-state index in [2.05, 4.69) is 61.8 Å². The van der Waals surface area contributed by atoms with E-state index in [4.69, 9.17) is 0 Å². The van der Waals surface area contributed by atoms with Crippen molar-refractivity contribution in [1.82, 2.24) is 14.9 Å². The molecular formula is C23H24IN5O. The molecule has 0 aliphatic carbocycles. The Hall–Kier alpha value is -2.68. The van der Waals surface area contributed by atoms with Crippen molar-refractivity contribution in [3.8, 4) is 0 Å². The standard InChI is InChI=1S/C23H24IN5O/c1-16-3-9-20(10-4-16)27-21-15-22(26-17(2)25-21)28-11-13-29(14-12-28)23(30)18-5-7-19(24)8-6-18/h3-10,15H,11-14H2,1-2H3,(H,25,26,27). The van der Waals surface area contributed by atoms with Gasteiger partial charge in [-0.25, -0.2) is 9.97 Å². The molecule has 0 spiro atoms. The Kier molecular flexibility index (Phi) is 6.17. The third-order valence-corrected chi connectivity index (χ3v) is 5.85. The monoisotopic (exact) mass is 513 g/mol. The van der Waals surface area contributed by atoms with E-state index < -0.39 is 0 Å². The minimum atomic E-state index is 0.0895. The predicted octanol–water partition coefficient (Wildman–Crippen LogP) is 4.40. The molecule has 1 fully saturated rings. The summed E-state index contributed by atoms with van der Waals surface area (Å²) in [6.07, 6.45) is 0. The molecule has 1 saturated heterocycles.